The van der Waals surface area contributed by atoms with Gasteiger partial charge in [-0.25, -0.2) is 4.79 Å². The summed E-state index contributed by atoms with van der Waals surface area (Å²) < 4.78 is 6.31. The number of carbonyl (C=O) groups is 2. The first-order valence-corrected chi connectivity index (χ1v) is 15.1. The van der Waals surface area contributed by atoms with Gasteiger partial charge in [0, 0.05) is 17.9 Å². The third-order valence-corrected chi connectivity index (χ3v) is 11.3. The summed E-state index contributed by atoms with van der Waals surface area (Å²) in [5.74, 6) is 2.13. The molecule has 1 aliphatic heterocycles. The van der Waals surface area contributed by atoms with E-state index in [4.69, 9.17) is 4.74 Å². The van der Waals surface area contributed by atoms with Gasteiger partial charge in [0.15, 0.2) is 0 Å². The zero-order valence-corrected chi connectivity index (χ0v) is 23.7. The van der Waals surface area contributed by atoms with Crippen LogP contribution in [0.5, 0.6) is 0 Å². The molecule has 3 saturated carbocycles. The molecule has 0 radical (unpaired) electrons. The van der Waals surface area contributed by atoms with Gasteiger partial charge >= 0.3 is 6.09 Å². The van der Waals surface area contributed by atoms with E-state index in [1.54, 1.807) is 0 Å². The Labute approximate surface area is 233 Å². The smallest absolute Gasteiger partial charge is 0.407 e. The van der Waals surface area contributed by atoms with Crippen LogP contribution in [-0.4, -0.2) is 24.1 Å². The second-order valence-corrected chi connectivity index (χ2v) is 13.4. The maximum Gasteiger partial charge on any atom is 0.407 e. The highest BCUT2D eigenvalue weighted by molar-refractivity contribution is 5.77. The van der Waals surface area contributed by atoms with E-state index in [1.165, 1.54) is 24.0 Å². The third-order valence-electron chi connectivity index (χ3n) is 11.3. The van der Waals surface area contributed by atoms with Crippen LogP contribution in [0.25, 0.3) is 0 Å². The monoisotopic (exact) mass is 528 g/mol. The van der Waals surface area contributed by atoms with Crippen LogP contribution in [0.1, 0.15) is 87.9 Å². The molecule has 1 saturated heterocycles. The Morgan fingerprint density at radius 3 is 2.46 bits per heavy atom. The first-order chi connectivity index (χ1) is 18.8. The molecule has 3 aliphatic carbocycles. The predicted octanol–water partition coefficient (Wildman–Crippen LogP) is 6.89. The molecule has 5 nitrogen and oxygen atoms in total. The van der Waals surface area contributed by atoms with Crippen LogP contribution in [0, 0.1) is 35.5 Å². The second-order valence-electron chi connectivity index (χ2n) is 13.4. The molecule has 8 atom stereocenters. The zero-order chi connectivity index (χ0) is 27.2. The summed E-state index contributed by atoms with van der Waals surface area (Å²) in [7, 11) is 0. The molecule has 0 aromatic heterocycles. The Hall–Kier alpha value is -2.82. The molecule has 2 aromatic rings. The molecule has 2 amide bonds. The number of benzene rings is 2. The molecular weight excluding hydrogens is 484 g/mol. The number of hydrogen-bond donors (Lipinski definition) is 2. The fourth-order valence-electron chi connectivity index (χ4n) is 9.05. The molecule has 0 spiro atoms. The number of fused-ring (bicyclic) bond motifs is 5. The lowest BCUT2D eigenvalue weighted by Gasteiger charge is -2.60. The van der Waals surface area contributed by atoms with Crippen LogP contribution in [0.15, 0.2) is 54.6 Å². The molecule has 0 bridgehead atoms. The van der Waals surface area contributed by atoms with Gasteiger partial charge in [-0.15, -0.1) is 0 Å². The summed E-state index contributed by atoms with van der Waals surface area (Å²) in [6.07, 6.45) is 8.66. The number of hydrogen-bond acceptors (Lipinski definition) is 3. The number of rotatable bonds is 5. The van der Waals surface area contributed by atoms with Gasteiger partial charge in [-0.1, -0.05) is 74.0 Å². The van der Waals surface area contributed by atoms with Crippen molar-refractivity contribution in [1.82, 2.24) is 10.6 Å². The summed E-state index contributed by atoms with van der Waals surface area (Å²) in [5, 5.41) is 6.57. The lowest BCUT2D eigenvalue weighted by Crippen LogP contribution is -2.61. The van der Waals surface area contributed by atoms with Crippen LogP contribution in [0.4, 0.5) is 4.79 Å². The topological polar surface area (TPSA) is 67.4 Å². The van der Waals surface area contributed by atoms with Gasteiger partial charge in [-0.05, 0) is 92.6 Å². The van der Waals surface area contributed by atoms with Crippen LogP contribution in [0.3, 0.4) is 0 Å². The van der Waals surface area contributed by atoms with E-state index in [0.717, 1.165) is 44.1 Å². The molecule has 5 heteroatoms. The van der Waals surface area contributed by atoms with E-state index >= 15 is 0 Å². The maximum atomic E-state index is 13.4. The van der Waals surface area contributed by atoms with Gasteiger partial charge < -0.3 is 15.4 Å². The number of carbonyl (C=O) groups excluding carboxylic acids is 2. The molecule has 4 aliphatic rings. The minimum absolute atomic E-state index is 0.0266. The number of aryl methyl sites for hydroxylation is 1. The first kappa shape index (κ1) is 26.4. The fraction of sp³-hybridized carbons (Fsp3) is 0.588. The summed E-state index contributed by atoms with van der Waals surface area (Å²) in [6.45, 7) is 6.91. The molecule has 4 fully saturated rings. The first-order valence-electron chi connectivity index (χ1n) is 15.1. The zero-order valence-electron chi connectivity index (χ0n) is 23.7. The normalized spacial score (nSPS) is 36.1. The number of alkyl carbamates (subject to hydrolysis) is 1. The molecule has 2 N–H and O–H groups in total. The van der Waals surface area contributed by atoms with Crippen LogP contribution in [-0.2, 0) is 16.0 Å². The molecule has 1 heterocycles. The fourth-order valence-corrected chi connectivity index (χ4v) is 9.05. The SMILES string of the molecule is Cc1ccc(CC(NC(=O)O[C@H]2CC[C@H]3[C@@H]4CC[C@H]5NC(=O)CC[C@]5(C)[C@H]4CC[C@]23C)c2ccccc2)cc1. The standard InChI is InChI=1S/C34H44N2O3/c1-22-9-11-23(12-10-22)21-28(24-7-5-4-6-8-24)35-32(38)39-30-16-14-26-25-13-15-29-33(2,20-18-31(37)36-29)27(25)17-19-34(26,30)3/h4-12,25-30H,13-21H2,1-3H3,(H,35,38)(H,36,37)/t25-,26-,27-,28?,29+,30-,33+,34-/m0/s1. The highest BCUT2D eigenvalue weighted by Gasteiger charge is 2.61. The second kappa shape index (κ2) is 10.3. The lowest BCUT2D eigenvalue weighted by molar-refractivity contribution is -0.138. The van der Waals surface area contributed by atoms with Gasteiger partial charge in [0.25, 0.3) is 0 Å². The number of amides is 2. The van der Waals surface area contributed by atoms with Crippen molar-refractivity contribution in [2.45, 2.75) is 96.7 Å². The van der Waals surface area contributed by atoms with Gasteiger partial charge in [-0.2, -0.15) is 0 Å². The van der Waals surface area contributed by atoms with E-state index in [0.29, 0.717) is 30.2 Å². The molecule has 2 aromatic carbocycles. The Balaban J connectivity index is 1.14. The van der Waals surface area contributed by atoms with Gasteiger partial charge in [0.2, 0.25) is 5.91 Å². The van der Waals surface area contributed by atoms with E-state index in [1.807, 2.05) is 18.2 Å². The maximum absolute atomic E-state index is 13.4. The summed E-state index contributed by atoms with van der Waals surface area (Å²) in [4.78, 5) is 25.5. The van der Waals surface area contributed by atoms with Crippen molar-refractivity contribution in [3.63, 3.8) is 0 Å². The minimum atomic E-state index is -0.296. The van der Waals surface area contributed by atoms with Crippen molar-refractivity contribution in [2.75, 3.05) is 0 Å². The largest absolute Gasteiger partial charge is 0.446 e. The molecular formula is C34H44N2O3. The van der Waals surface area contributed by atoms with Crippen molar-refractivity contribution < 1.29 is 14.3 Å². The van der Waals surface area contributed by atoms with E-state index in [9.17, 15) is 9.59 Å². The summed E-state index contributed by atoms with van der Waals surface area (Å²) in [5.41, 5.74) is 3.75. The molecule has 1 unspecified atom stereocenters. The molecule has 208 valence electrons. The summed E-state index contributed by atoms with van der Waals surface area (Å²) in [6, 6.07) is 19.0. The number of piperidine rings is 1. The Morgan fingerprint density at radius 2 is 1.69 bits per heavy atom. The van der Waals surface area contributed by atoms with Crippen LogP contribution >= 0.6 is 0 Å². The van der Waals surface area contributed by atoms with E-state index in [2.05, 4.69) is 67.8 Å². The van der Waals surface area contributed by atoms with Crippen molar-refractivity contribution in [2.24, 2.45) is 28.6 Å². The quantitative estimate of drug-likeness (QED) is 0.444. The summed E-state index contributed by atoms with van der Waals surface area (Å²) >= 11 is 0. The van der Waals surface area contributed by atoms with Crippen molar-refractivity contribution in [1.29, 1.82) is 0 Å². The van der Waals surface area contributed by atoms with Gasteiger partial charge in [-0.3, -0.25) is 4.79 Å². The highest BCUT2D eigenvalue weighted by Crippen LogP contribution is 2.64. The Kier molecular flexibility index (Phi) is 6.97. The average Bonchev–Trinajstić information content (AvgIpc) is 3.26. The minimum Gasteiger partial charge on any atom is -0.446 e. The van der Waals surface area contributed by atoms with Crippen LogP contribution in [0.2, 0.25) is 0 Å². The average molecular weight is 529 g/mol. The number of nitrogens with one attached hydrogen (secondary N) is 2. The Bertz CT molecular complexity index is 1200. The molecule has 39 heavy (non-hydrogen) atoms. The van der Waals surface area contributed by atoms with Crippen LogP contribution < -0.4 is 10.6 Å². The van der Waals surface area contributed by atoms with Crippen molar-refractivity contribution in [3.05, 3.63) is 71.3 Å². The van der Waals surface area contributed by atoms with Gasteiger partial charge in [0.05, 0.1) is 6.04 Å². The number of ether oxygens (including phenoxy) is 1. The Morgan fingerprint density at radius 1 is 0.949 bits per heavy atom. The highest BCUT2D eigenvalue weighted by atomic mass is 16.6. The predicted molar refractivity (Wildman–Crippen MR) is 153 cm³/mol. The third kappa shape index (κ3) is 4.87. The van der Waals surface area contributed by atoms with Crippen molar-refractivity contribution >= 4 is 12.0 Å². The molecule has 6 rings (SSSR count). The van der Waals surface area contributed by atoms with Gasteiger partial charge in [0.1, 0.15) is 6.10 Å². The van der Waals surface area contributed by atoms with Crippen molar-refractivity contribution in [3.8, 4) is 0 Å². The lowest BCUT2D eigenvalue weighted by atomic mass is 9.47. The van der Waals surface area contributed by atoms with E-state index < -0.39 is 0 Å². The van der Waals surface area contributed by atoms with E-state index in [-0.39, 0.29) is 35.0 Å².